The van der Waals surface area contributed by atoms with Crippen molar-refractivity contribution in [3.05, 3.63) is 28.2 Å². The van der Waals surface area contributed by atoms with E-state index >= 15 is 0 Å². The van der Waals surface area contributed by atoms with Gasteiger partial charge in [0.25, 0.3) is 0 Å². The Morgan fingerprint density at radius 3 is 2.58 bits per heavy atom. The van der Waals surface area contributed by atoms with Gasteiger partial charge in [-0.2, -0.15) is 0 Å². The van der Waals surface area contributed by atoms with Crippen molar-refractivity contribution in [1.82, 2.24) is 0 Å². The zero-order valence-electron chi connectivity index (χ0n) is 11.7. The summed E-state index contributed by atoms with van der Waals surface area (Å²) in [4.78, 5) is 0.430. The Balaban J connectivity index is 2.14. The summed E-state index contributed by atoms with van der Waals surface area (Å²) in [5.41, 5.74) is 1.74. The van der Waals surface area contributed by atoms with Crippen molar-refractivity contribution in [1.29, 1.82) is 0 Å². The van der Waals surface area contributed by atoms with Crippen molar-refractivity contribution in [3.8, 4) is 5.75 Å². The Hall–Kier alpha value is -0.0200. The Morgan fingerprint density at radius 2 is 2.00 bits per heavy atom. The predicted molar refractivity (Wildman–Crippen MR) is 88.2 cm³/mol. The first-order valence-corrected chi connectivity index (χ1v) is 8.84. The summed E-state index contributed by atoms with van der Waals surface area (Å²) < 4.78 is 6.77. The molecule has 1 aromatic carbocycles. The Labute approximate surface area is 133 Å². The van der Waals surface area contributed by atoms with E-state index in [1.165, 1.54) is 31.2 Å². The molecule has 1 aliphatic carbocycles. The maximum atomic E-state index is 5.71. The Kier molecular flexibility index (Phi) is 5.36. The van der Waals surface area contributed by atoms with Crippen LogP contribution in [0.2, 0.25) is 0 Å². The lowest BCUT2D eigenvalue weighted by molar-refractivity contribution is 0.314. The molecule has 1 saturated carbocycles. The number of ether oxygens (including phenoxy) is 1. The van der Waals surface area contributed by atoms with Gasteiger partial charge in [-0.05, 0) is 58.3 Å². The topological polar surface area (TPSA) is 9.23 Å². The Morgan fingerprint density at radius 1 is 1.32 bits per heavy atom. The second-order valence-electron chi connectivity index (χ2n) is 5.76. The van der Waals surface area contributed by atoms with Crippen molar-refractivity contribution < 1.29 is 4.74 Å². The number of halogens is 2. The van der Waals surface area contributed by atoms with Gasteiger partial charge in [-0.3, -0.25) is 0 Å². The van der Waals surface area contributed by atoms with E-state index < -0.39 is 0 Å². The minimum absolute atomic E-state index is 0.394. The molecule has 0 heterocycles. The first kappa shape index (κ1) is 15.4. The van der Waals surface area contributed by atoms with Crippen LogP contribution in [0.25, 0.3) is 0 Å². The summed E-state index contributed by atoms with van der Waals surface area (Å²) in [6, 6.07) is 6.48. The van der Waals surface area contributed by atoms with Crippen LogP contribution in [-0.4, -0.2) is 6.61 Å². The van der Waals surface area contributed by atoms with Gasteiger partial charge >= 0.3 is 0 Å². The standard InChI is InChI=1S/C16H22Br2O/c1-3-10-19-14-7-6-12(11-13(14)17)15(18)16(2)8-4-5-9-16/h6-7,11,15H,3-5,8-10H2,1-2H3. The number of alkyl halides is 1. The molecule has 0 radical (unpaired) electrons. The fourth-order valence-electron chi connectivity index (χ4n) is 2.84. The van der Waals surface area contributed by atoms with Crippen LogP contribution in [0.3, 0.4) is 0 Å². The Bertz CT molecular complexity index is 425. The molecule has 1 atom stereocenters. The summed E-state index contributed by atoms with van der Waals surface area (Å²) in [5.74, 6) is 0.946. The SMILES string of the molecule is CCCOc1ccc(C(Br)C2(C)CCCC2)cc1Br. The van der Waals surface area contributed by atoms with Crippen LogP contribution in [0.4, 0.5) is 0 Å². The van der Waals surface area contributed by atoms with Gasteiger partial charge in [0.1, 0.15) is 5.75 Å². The molecule has 1 aliphatic rings. The van der Waals surface area contributed by atoms with Crippen molar-refractivity contribution >= 4 is 31.9 Å². The lowest BCUT2D eigenvalue weighted by atomic mass is 9.82. The number of hydrogen-bond donors (Lipinski definition) is 0. The normalized spacial score (nSPS) is 19.4. The molecule has 1 aromatic rings. The quantitative estimate of drug-likeness (QED) is 0.540. The predicted octanol–water partition coefficient (Wildman–Crippen LogP) is 6.25. The fraction of sp³-hybridized carbons (Fsp3) is 0.625. The molecule has 19 heavy (non-hydrogen) atoms. The highest BCUT2D eigenvalue weighted by atomic mass is 79.9. The maximum Gasteiger partial charge on any atom is 0.133 e. The highest BCUT2D eigenvalue weighted by Crippen LogP contribution is 2.52. The van der Waals surface area contributed by atoms with Crippen LogP contribution < -0.4 is 4.74 Å². The van der Waals surface area contributed by atoms with Gasteiger partial charge in [-0.1, -0.05) is 48.7 Å². The highest BCUT2D eigenvalue weighted by Gasteiger charge is 2.36. The second kappa shape index (κ2) is 6.62. The molecular weight excluding hydrogens is 368 g/mol. The highest BCUT2D eigenvalue weighted by molar-refractivity contribution is 9.10. The molecule has 2 rings (SSSR count). The molecule has 0 aromatic heterocycles. The van der Waals surface area contributed by atoms with Crippen LogP contribution in [0.15, 0.2) is 22.7 Å². The van der Waals surface area contributed by atoms with E-state index in [1.54, 1.807) is 0 Å². The molecule has 0 N–H and O–H groups in total. The van der Waals surface area contributed by atoms with E-state index in [4.69, 9.17) is 4.74 Å². The molecular formula is C16H22Br2O. The van der Waals surface area contributed by atoms with Crippen molar-refractivity contribution in [2.45, 2.75) is 50.8 Å². The van der Waals surface area contributed by atoms with Gasteiger partial charge < -0.3 is 4.74 Å². The molecule has 0 aliphatic heterocycles. The molecule has 0 amide bonds. The van der Waals surface area contributed by atoms with Gasteiger partial charge in [-0.25, -0.2) is 0 Å². The summed E-state index contributed by atoms with van der Waals surface area (Å²) in [5, 5.41) is 0. The van der Waals surface area contributed by atoms with E-state index in [9.17, 15) is 0 Å². The second-order valence-corrected chi connectivity index (χ2v) is 7.53. The van der Waals surface area contributed by atoms with Crippen LogP contribution in [0.5, 0.6) is 5.75 Å². The molecule has 0 spiro atoms. The fourth-order valence-corrected chi connectivity index (χ4v) is 4.10. The van der Waals surface area contributed by atoms with Gasteiger partial charge in [0.15, 0.2) is 0 Å². The monoisotopic (exact) mass is 388 g/mol. The molecule has 1 unspecified atom stereocenters. The average Bonchev–Trinajstić information content (AvgIpc) is 2.84. The maximum absolute atomic E-state index is 5.71. The van der Waals surface area contributed by atoms with Crippen LogP contribution >= 0.6 is 31.9 Å². The molecule has 1 nitrogen and oxygen atoms in total. The summed E-state index contributed by atoms with van der Waals surface area (Å²) in [6.07, 6.45) is 6.38. The van der Waals surface area contributed by atoms with Crippen molar-refractivity contribution in [2.75, 3.05) is 6.61 Å². The minimum atomic E-state index is 0.394. The van der Waals surface area contributed by atoms with Crippen LogP contribution in [0.1, 0.15) is 56.3 Å². The summed E-state index contributed by atoms with van der Waals surface area (Å²) in [6.45, 7) is 5.29. The average molecular weight is 390 g/mol. The summed E-state index contributed by atoms with van der Waals surface area (Å²) in [7, 11) is 0. The van der Waals surface area contributed by atoms with E-state index in [0.717, 1.165) is 23.2 Å². The number of benzene rings is 1. The molecule has 0 saturated heterocycles. The molecule has 1 fully saturated rings. The zero-order chi connectivity index (χ0) is 13.9. The van der Waals surface area contributed by atoms with Crippen LogP contribution in [0, 0.1) is 5.41 Å². The largest absolute Gasteiger partial charge is 0.492 e. The van der Waals surface area contributed by atoms with Crippen molar-refractivity contribution in [3.63, 3.8) is 0 Å². The number of hydrogen-bond acceptors (Lipinski definition) is 1. The first-order valence-electron chi connectivity index (χ1n) is 7.13. The van der Waals surface area contributed by atoms with E-state index in [2.05, 4.69) is 63.9 Å². The minimum Gasteiger partial charge on any atom is -0.492 e. The van der Waals surface area contributed by atoms with Gasteiger partial charge in [0.05, 0.1) is 11.1 Å². The van der Waals surface area contributed by atoms with Crippen molar-refractivity contribution in [2.24, 2.45) is 5.41 Å². The van der Waals surface area contributed by atoms with E-state index in [1.807, 2.05) is 0 Å². The van der Waals surface area contributed by atoms with Gasteiger partial charge in [0, 0.05) is 4.83 Å². The third-order valence-electron chi connectivity index (χ3n) is 4.07. The number of rotatable bonds is 5. The smallest absolute Gasteiger partial charge is 0.133 e. The lowest BCUT2D eigenvalue weighted by Gasteiger charge is -2.30. The van der Waals surface area contributed by atoms with Gasteiger partial charge in [0.2, 0.25) is 0 Å². The first-order chi connectivity index (χ1) is 9.07. The third kappa shape index (κ3) is 3.55. The molecule has 106 valence electrons. The third-order valence-corrected chi connectivity index (χ3v) is 6.32. The van der Waals surface area contributed by atoms with E-state index in [-0.39, 0.29) is 0 Å². The van der Waals surface area contributed by atoms with E-state index in [0.29, 0.717) is 10.2 Å². The summed E-state index contributed by atoms with van der Waals surface area (Å²) >= 11 is 7.54. The van der Waals surface area contributed by atoms with Crippen LogP contribution in [-0.2, 0) is 0 Å². The van der Waals surface area contributed by atoms with Gasteiger partial charge in [-0.15, -0.1) is 0 Å². The lowest BCUT2D eigenvalue weighted by Crippen LogP contribution is -2.17. The molecule has 3 heteroatoms. The zero-order valence-corrected chi connectivity index (χ0v) is 14.9. The molecule has 0 bridgehead atoms.